The van der Waals surface area contributed by atoms with E-state index < -0.39 is 0 Å². The fourth-order valence-corrected chi connectivity index (χ4v) is 4.69. The van der Waals surface area contributed by atoms with Crippen molar-refractivity contribution >= 4 is 23.2 Å². The molecule has 2 aliphatic rings. The Morgan fingerprint density at radius 3 is 2.78 bits per heavy atom. The van der Waals surface area contributed by atoms with E-state index >= 15 is 0 Å². The summed E-state index contributed by atoms with van der Waals surface area (Å²) in [5, 5.41) is 4.76. The Morgan fingerprint density at radius 2 is 2.00 bits per heavy atom. The first-order valence-corrected chi connectivity index (χ1v) is 9.26. The maximum atomic E-state index is 13.0. The lowest BCUT2D eigenvalue weighted by atomic mass is 9.95. The van der Waals surface area contributed by atoms with E-state index in [2.05, 4.69) is 10.2 Å². The fourth-order valence-electron chi connectivity index (χ4n) is 3.57. The molecule has 2 amide bonds. The van der Waals surface area contributed by atoms with E-state index in [0.717, 1.165) is 24.9 Å². The number of fused-ring (bicyclic) bond motifs is 1. The molecule has 0 radical (unpaired) electrons. The third-order valence-corrected chi connectivity index (χ3v) is 6.01. The largest absolute Gasteiger partial charge is 0.359 e. The van der Waals surface area contributed by atoms with Gasteiger partial charge in [-0.05, 0) is 38.3 Å². The van der Waals surface area contributed by atoms with E-state index in [1.165, 1.54) is 23.3 Å². The van der Waals surface area contributed by atoms with Crippen molar-refractivity contribution in [2.45, 2.75) is 25.7 Å². The Labute approximate surface area is 141 Å². The predicted octanol–water partition coefficient (Wildman–Crippen LogP) is 1.38. The average Bonchev–Trinajstić information content (AvgIpc) is 2.90. The number of carbonyl (C=O) groups excluding carboxylic acids is 2. The van der Waals surface area contributed by atoms with Gasteiger partial charge in [-0.25, -0.2) is 0 Å². The number of likely N-dealkylation sites (N-methyl/N-ethyl adjacent to an activating group) is 1. The van der Waals surface area contributed by atoms with Gasteiger partial charge in [0, 0.05) is 43.5 Å². The summed E-state index contributed by atoms with van der Waals surface area (Å²) in [4.78, 5) is 30.5. The van der Waals surface area contributed by atoms with Crippen molar-refractivity contribution in [3.8, 4) is 0 Å². The standard InChI is InChI=1S/C17H25N3O2S/c1-18-16(21)12-9-19(2)7-8-20(10-12)17(22)14-11-23-15-6-4-3-5-13(14)15/h11-12H,3-10H2,1-2H3,(H,18,21)/t12-/m0/s1. The van der Waals surface area contributed by atoms with E-state index in [-0.39, 0.29) is 17.7 Å². The lowest BCUT2D eigenvalue weighted by Crippen LogP contribution is -2.41. The maximum Gasteiger partial charge on any atom is 0.255 e. The highest BCUT2D eigenvalue weighted by Gasteiger charge is 2.30. The van der Waals surface area contributed by atoms with Gasteiger partial charge in [0.2, 0.25) is 5.91 Å². The lowest BCUT2D eigenvalue weighted by molar-refractivity contribution is -0.125. The first kappa shape index (κ1) is 16.5. The highest BCUT2D eigenvalue weighted by atomic mass is 32.1. The van der Waals surface area contributed by atoms with Gasteiger partial charge in [0.1, 0.15) is 0 Å². The summed E-state index contributed by atoms with van der Waals surface area (Å²) < 4.78 is 0. The van der Waals surface area contributed by atoms with E-state index in [1.807, 2.05) is 17.3 Å². The van der Waals surface area contributed by atoms with Gasteiger partial charge in [-0.1, -0.05) is 0 Å². The zero-order valence-electron chi connectivity index (χ0n) is 13.9. The quantitative estimate of drug-likeness (QED) is 0.888. The molecular weight excluding hydrogens is 310 g/mol. The van der Waals surface area contributed by atoms with Crippen LogP contribution in [-0.4, -0.2) is 61.9 Å². The van der Waals surface area contributed by atoms with E-state index in [4.69, 9.17) is 0 Å². The lowest BCUT2D eigenvalue weighted by Gasteiger charge is -2.24. The van der Waals surface area contributed by atoms with E-state index in [1.54, 1.807) is 18.4 Å². The predicted molar refractivity (Wildman–Crippen MR) is 91.9 cm³/mol. The van der Waals surface area contributed by atoms with Gasteiger partial charge in [-0.15, -0.1) is 11.3 Å². The average molecular weight is 335 g/mol. The number of amides is 2. The van der Waals surface area contributed by atoms with Crippen molar-refractivity contribution in [2.24, 2.45) is 5.92 Å². The molecule has 1 aromatic heterocycles. The van der Waals surface area contributed by atoms with Crippen molar-refractivity contribution in [1.29, 1.82) is 0 Å². The minimum atomic E-state index is -0.161. The van der Waals surface area contributed by atoms with Crippen LogP contribution >= 0.6 is 11.3 Å². The van der Waals surface area contributed by atoms with Gasteiger partial charge < -0.3 is 15.1 Å². The minimum Gasteiger partial charge on any atom is -0.359 e. The molecule has 2 heterocycles. The molecule has 0 aromatic carbocycles. The molecule has 5 nitrogen and oxygen atoms in total. The molecule has 1 saturated heterocycles. The molecule has 6 heteroatoms. The number of nitrogens with one attached hydrogen (secondary N) is 1. The van der Waals surface area contributed by atoms with Gasteiger partial charge in [0.05, 0.1) is 11.5 Å². The van der Waals surface area contributed by atoms with Crippen LogP contribution in [0.25, 0.3) is 0 Å². The number of aryl methyl sites for hydroxylation is 1. The second kappa shape index (κ2) is 7.01. The van der Waals surface area contributed by atoms with Crippen LogP contribution in [0.15, 0.2) is 5.38 Å². The number of rotatable bonds is 2. The third kappa shape index (κ3) is 3.43. The summed E-state index contributed by atoms with van der Waals surface area (Å²) >= 11 is 1.72. The molecule has 1 atom stereocenters. The van der Waals surface area contributed by atoms with Crippen LogP contribution in [-0.2, 0) is 17.6 Å². The van der Waals surface area contributed by atoms with Crippen molar-refractivity contribution in [2.75, 3.05) is 40.3 Å². The minimum absolute atomic E-state index is 0.0175. The summed E-state index contributed by atoms with van der Waals surface area (Å²) in [5.74, 6) is -0.0385. The normalized spacial score (nSPS) is 22.3. The van der Waals surface area contributed by atoms with Crippen LogP contribution in [0.1, 0.15) is 33.6 Å². The molecule has 1 aliphatic carbocycles. The van der Waals surface area contributed by atoms with Crippen molar-refractivity contribution < 1.29 is 9.59 Å². The highest BCUT2D eigenvalue weighted by molar-refractivity contribution is 7.10. The topological polar surface area (TPSA) is 52.7 Å². The second-order valence-corrected chi connectivity index (χ2v) is 7.55. The zero-order chi connectivity index (χ0) is 16.4. The molecule has 3 rings (SSSR count). The molecule has 0 spiro atoms. The Hall–Kier alpha value is -1.40. The van der Waals surface area contributed by atoms with Crippen LogP contribution in [0.4, 0.5) is 0 Å². The van der Waals surface area contributed by atoms with Gasteiger partial charge >= 0.3 is 0 Å². The number of hydrogen-bond donors (Lipinski definition) is 1. The molecule has 0 saturated carbocycles. The van der Waals surface area contributed by atoms with E-state index in [0.29, 0.717) is 19.6 Å². The van der Waals surface area contributed by atoms with Crippen LogP contribution in [0.2, 0.25) is 0 Å². The molecule has 126 valence electrons. The van der Waals surface area contributed by atoms with Crippen molar-refractivity contribution in [1.82, 2.24) is 15.1 Å². The Balaban J connectivity index is 1.80. The first-order chi connectivity index (χ1) is 11.1. The number of thiophene rings is 1. The fraction of sp³-hybridized carbons (Fsp3) is 0.647. The molecular formula is C17H25N3O2S. The van der Waals surface area contributed by atoms with Gasteiger partial charge in [-0.3, -0.25) is 9.59 Å². The summed E-state index contributed by atoms with van der Waals surface area (Å²) in [7, 11) is 3.67. The number of hydrogen-bond acceptors (Lipinski definition) is 4. The Kier molecular flexibility index (Phi) is 5.02. The number of nitrogens with zero attached hydrogens (tertiary/aromatic N) is 2. The van der Waals surface area contributed by atoms with E-state index in [9.17, 15) is 9.59 Å². The van der Waals surface area contributed by atoms with Crippen molar-refractivity contribution in [3.05, 3.63) is 21.4 Å². The first-order valence-electron chi connectivity index (χ1n) is 8.38. The smallest absolute Gasteiger partial charge is 0.255 e. The Bertz CT molecular complexity index is 599. The summed E-state index contributed by atoms with van der Waals surface area (Å²) in [5.41, 5.74) is 2.14. The molecule has 0 unspecified atom stereocenters. The zero-order valence-corrected chi connectivity index (χ0v) is 14.7. The third-order valence-electron chi connectivity index (χ3n) is 4.92. The number of carbonyl (C=O) groups is 2. The van der Waals surface area contributed by atoms with Crippen molar-refractivity contribution in [3.63, 3.8) is 0 Å². The summed E-state index contributed by atoms with van der Waals surface area (Å²) in [6.07, 6.45) is 4.53. The second-order valence-electron chi connectivity index (χ2n) is 6.58. The molecule has 1 aliphatic heterocycles. The monoisotopic (exact) mass is 335 g/mol. The van der Waals surface area contributed by atoms with Gasteiger partial charge in [0.25, 0.3) is 5.91 Å². The molecule has 0 bridgehead atoms. The molecule has 1 N–H and O–H groups in total. The van der Waals surface area contributed by atoms with Crippen LogP contribution < -0.4 is 5.32 Å². The van der Waals surface area contributed by atoms with Gasteiger partial charge in [0.15, 0.2) is 0 Å². The highest BCUT2D eigenvalue weighted by Crippen LogP contribution is 2.31. The molecule has 23 heavy (non-hydrogen) atoms. The Morgan fingerprint density at radius 1 is 1.22 bits per heavy atom. The summed E-state index contributed by atoms with van der Waals surface area (Å²) in [6, 6.07) is 0. The molecule has 1 aromatic rings. The summed E-state index contributed by atoms with van der Waals surface area (Å²) in [6.45, 7) is 2.71. The van der Waals surface area contributed by atoms with Crippen LogP contribution in [0, 0.1) is 5.92 Å². The van der Waals surface area contributed by atoms with Crippen LogP contribution in [0.5, 0.6) is 0 Å². The van der Waals surface area contributed by atoms with Crippen LogP contribution in [0.3, 0.4) is 0 Å². The molecule has 1 fully saturated rings. The SMILES string of the molecule is CNC(=O)[C@H]1CN(C)CCN(C(=O)c2csc3c2CCCC3)C1. The van der Waals surface area contributed by atoms with Gasteiger partial charge in [-0.2, -0.15) is 0 Å². The maximum absolute atomic E-state index is 13.0.